The number of nitrogens with zero attached hydrogens (tertiary/aromatic N) is 3. The summed E-state index contributed by atoms with van der Waals surface area (Å²) in [7, 11) is 0. The maximum Gasteiger partial charge on any atom is 0.165 e. The molecule has 4 aromatic rings. The van der Waals surface area contributed by atoms with E-state index in [0.29, 0.717) is 22.6 Å². The van der Waals surface area contributed by atoms with E-state index in [4.69, 9.17) is 0 Å². The predicted octanol–water partition coefficient (Wildman–Crippen LogP) is 3.78. The number of aryl methyl sites for hydroxylation is 1. The van der Waals surface area contributed by atoms with Crippen molar-refractivity contribution in [2.24, 2.45) is 0 Å². The highest BCUT2D eigenvalue weighted by atomic mass is 16.3. The number of rotatable bonds is 2. The lowest BCUT2D eigenvalue weighted by molar-refractivity contribution is 0.476. The average molecular weight is 317 g/mol. The molecule has 2 heterocycles. The van der Waals surface area contributed by atoms with Gasteiger partial charge in [0.15, 0.2) is 5.82 Å². The number of imidazole rings is 1. The van der Waals surface area contributed by atoms with Crippen LogP contribution >= 0.6 is 0 Å². The van der Waals surface area contributed by atoms with Crippen LogP contribution in [0.25, 0.3) is 28.2 Å². The van der Waals surface area contributed by atoms with Gasteiger partial charge < -0.3 is 10.2 Å². The van der Waals surface area contributed by atoms with Gasteiger partial charge in [-0.05, 0) is 43.3 Å². The molecule has 118 valence electrons. The van der Waals surface area contributed by atoms with Gasteiger partial charge >= 0.3 is 0 Å². The van der Waals surface area contributed by atoms with Crippen LogP contribution in [0.15, 0.2) is 60.8 Å². The minimum atomic E-state index is 0.141. The normalized spacial score (nSPS) is 11.0. The van der Waals surface area contributed by atoms with Gasteiger partial charge in [-0.25, -0.2) is 9.50 Å². The Morgan fingerprint density at radius 1 is 0.875 bits per heavy atom. The van der Waals surface area contributed by atoms with E-state index in [1.54, 1.807) is 28.9 Å². The Hall–Kier alpha value is -3.34. The highest BCUT2D eigenvalue weighted by molar-refractivity contribution is 5.84. The molecule has 2 aromatic heterocycles. The van der Waals surface area contributed by atoms with Crippen LogP contribution in [0, 0.1) is 6.92 Å². The highest BCUT2D eigenvalue weighted by Gasteiger charge is 2.19. The van der Waals surface area contributed by atoms with Crippen molar-refractivity contribution >= 4 is 5.52 Å². The molecule has 24 heavy (non-hydrogen) atoms. The lowest BCUT2D eigenvalue weighted by Crippen LogP contribution is -1.94. The maximum atomic E-state index is 10.3. The van der Waals surface area contributed by atoms with Crippen LogP contribution in [0.1, 0.15) is 5.56 Å². The van der Waals surface area contributed by atoms with Crippen molar-refractivity contribution in [3.05, 3.63) is 66.4 Å². The summed E-state index contributed by atoms with van der Waals surface area (Å²) in [6.45, 7) is 1.95. The van der Waals surface area contributed by atoms with Crippen LogP contribution in [0.2, 0.25) is 0 Å². The number of phenolic OH excluding ortho intramolecular Hbond substituents is 2. The van der Waals surface area contributed by atoms with Crippen molar-refractivity contribution < 1.29 is 10.2 Å². The van der Waals surface area contributed by atoms with Gasteiger partial charge in [0.25, 0.3) is 0 Å². The standard InChI is InChI=1S/C19H15N3O2/c1-12-8-9-17(24)14(11-12)19-21-18(13-5-2-3-7-16(13)23)15-6-4-10-20-22(15)19/h2-11,23-24H,1H3. The average Bonchev–Trinajstić information content (AvgIpc) is 2.97. The summed E-state index contributed by atoms with van der Waals surface area (Å²) in [6, 6.07) is 16.1. The van der Waals surface area contributed by atoms with Gasteiger partial charge in [0.2, 0.25) is 0 Å². The van der Waals surface area contributed by atoms with Crippen molar-refractivity contribution in [1.29, 1.82) is 0 Å². The summed E-state index contributed by atoms with van der Waals surface area (Å²) in [5, 5.41) is 24.8. The molecule has 0 saturated carbocycles. The fourth-order valence-electron chi connectivity index (χ4n) is 2.81. The summed E-state index contributed by atoms with van der Waals surface area (Å²) >= 11 is 0. The van der Waals surface area contributed by atoms with Gasteiger partial charge in [-0.2, -0.15) is 5.10 Å². The zero-order chi connectivity index (χ0) is 16.7. The Morgan fingerprint density at radius 2 is 1.67 bits per heavy atom. The zero-order valence-corrected chi connectivity index (χ0v) is 13.0. The Bertz CT molecular complexity index is 1050. The Labute approximate surface area is 138 Å². The molecule has 5 nitrogen and oxygen atoms in total. The lowest BCUT2D eigenvalue weighted by Gasteiger charge is -2.04. The summed E-state index contributed by atoms with van der Waals surface area (Å²) in [5.41, 5.74) is 3.62. The van der Waals surface area contributed by atoms with Crippen molar-refractivity contribution in [2.45, 2.75) is 6.92 Å². The number of fused-ring (bicyclic) bond motifs is 1. The molecule has 0 aliphatic heterocycles. The summed E-state index contributed by atoms with van der Waals surface area (Å²) in [4.78, 5) is 4.67. The SMILES string of the molecule is Cc1ccc(O)c(-c2nc(-c3ccccc3O)c3cccnn23)c1. The van der Waals surface area contributed by atoms with E-state index in [9.17, 15) is 10.2 Å². The number of hydrogen-bond donors (Lipinski definition) is 2. The summed E-state index contributed by atoms with van der Waals surface area (Å²) < 4.78 is 1.68. The van der Waals surface area contributed by atoms with Gasteiger partial charge in [-0.15, -0.1) is 0 Å². The lowest BCUT2D eigenvalue weighted by atomic mass is 10.1. The smallest absolute Gasteiger partial charge is 0.165 e. The third-order valence-corrected chi connectivity index (χ3v) is 3.96. The van der Waals surface area contributed by atoms with E-state index in [2.05, 4.69) is 10.1 Å². The molecule has 0 fully saturated rings. The molecular formula is C19H15N3O2. The number of hydrogen-bond acceptors (Lipinski definition) is 4. The summed E-state index contributed by atoms with van der Waals surface area (Å²) in [6.07, 6.45) is 1.67. The Kier molecular flexibility index (Phi) is 3.20. The number of aromatic hydroxyl groups is 2. The second-order valence-corrected chi connectivity index (χ2v) is 5.64. The third-order valence-electron chi connectivity index (χ3n) is 3.96. The first-order chi connectivity index (χ1) is 11.6. The van der Waals surface area contributed by atoms with E-state index in [1.165, 1.54) is 0 Å². The van der Waals surface area contributed by atoms with Crippen LogP contribution in [0.4, 0.5) is 0 Å². The molecule has 0 atom stereocenters. The van der Waals surface area contributed by atoms with Crippen molar-refractivity contribution in [3.63, 3.8) is 0 Å². The predicted molar refractivity (Wildman–Crippen MR) is 91.9 cm³/mol. The topological polar surface area (TPSA) is 70.7 Å². The molecule has 2 N–H and O–H groups in total. The Balaban J connectivity index is 2.06. The minimum Gasteiger partial charge on any atom is -0.507 e. The fourth-order valence-corrected chi connectivity index (χ4v) is 2.81. The fraction of sp³-hybridized carbons (Fsp3) is 0.0526. The molecule has 0 radical (unpaired) electrons. The van der Waals surface area contributed by atoms with Crippen molar-refractivity contribution in [2.75, 3.05) is 0 Å². The first kappa shape index (κ1) is 14.3. The van der Waals surface area contributed by atoms with Crippen LogP contribution in [0.3, 0.4) is 0 Å². The molecule has 0 amide bonds. The van der Waals surface area contributed by atoms with E-state index < -0.39 is 0 Å². The molecule has 4 rings (SSSR count). The van der Waals surface area contributed by atoms with Gasteiger partial charge in [-0.1, -0.05) is 23.8 Å². The number of phenols is 2. The van der Waals surface area contributed by atoms with Crippen molar-refractivity contribution in [3.8, 4) is 34.1 Å². The molecule has 0 spiro atoms. The summed E-state index contributed by atoms with van der Waals surface area (Å²) in [5.74, 6) is 0.827. The Morgan fingerprint density at radius 3 is 2.50 bits per heavy atom. The van der Waals surface area contributed by atoms with Gasteiger partial charge in [0.05, 0.1) is 11.1 Å². The van der Waals surface area contributed by atoms with Gasteiger partial charge in [-0.3, -0.25) is 0 Å². The second-order valence-electron chi connectivity index (χ2n) is 5.64. The van der Waals surface area contributed by atoms with E-state index in [-0.39, 0.29) is 11.5 Å². The number of para-hydroxylation sites is 1. The van der Waals surface area contributed by atoms with E-state index in [1.807, 2.05) is 43.3 Å². The molecule has 0 unspecified atom stereocenters. The largest absolute Gasteiger partial charge is 0.507 e. The monoisotopic (exact) mass is 317 g/mol. The van der Waals surface area contributed by atoms with Crippen LogP contribution in [-0.4, -0.2) is 24.8 Å². The van der Waals surface area contributed by atoms with Crippen molar-refractivity contribution in [1.82, 2.24) is 14.6 Å². The second kappa shape index (κ2) is 5.38. The molecule has 2 aromatic carbocycles. The first-order valence-electron chi connectivity index (χ1n) is 7.57. The number of aromatic nitrogens is 3. The molecule has 0 aliphatic carbocycles. The van der Waals surface area contributed by atoms with Gasteiger partial charge in [0.1, 0.15) is 17.2 Å². The number of benzene rings is 2. The van der Waals surface area contributed by atoms with Gasteiger partial charge in [0, 0.05) is 11.8 Å². The van der Waals surface area contributed by atoms with Crippen LogP contribution in [0.5, 0.6) is 11.5 Å². The van der Waals surface area contributed by atoms with Crippen LogP contribution in [-0.2, 0) is 0 Å². The quantitative estimate of drug-likeness (QED) is 0.590. The molecule has 0 aliphatic rings. The molecule has 0 saturated heterocycles. The molecule has 0 bridgehead atoms. The molecular weight excluding hydrogens is 302 g/mol. The first-order valence-corrected chi connectivity index (χ1v) is 7.57. The minimum absolute atomic E-state index is 0.141. The zero-order valence-electron chi connectivity index (χ0n) is 13.0. The van der Waals surface area contributed by atoms with Crippen LogP contribution < -0.4 is 0 Å². The van der Waals surface area contributed by atoms with E-state index >= 15 is 0 Å². The third kappa shape index (κ3) is 2.18. The highest BCUT2D eigenvalue weighted by Crippen LogP contribution is 2.36. The maximum absolute atomic E-state index is 10.3. The molecule has 5 heteroatoms. The van der Waals surface area contributed by atoms with E-state index in [0.717, 1.165) is 11.1 Å².